The second-order valence-corrected chi connectivity index (χ2v) is 4.40. The van der Waals surface area contributed by atoms with Crippen molar-refractivity contribution in [1.82, 2.24) is 0 Å². The van der Waals surface area contributed by atoms with Gasteiger partial charge >= 0.3 is 0 Å². The molecule has 2 bridgehead atoms. The highest BCUT2D eigenvalue weighted by Crippen LogP contribution is 2.37. The third-order valence-electron chi connectivity index (χ3n) is 3.55. The first-order valence-corrected chi connectivity index (χ1v) is 5.37. The van der Waals surface area contributed by atoms with Crippen molar-refractivity contribution in [3.05, 3.63) is 23.3 Å². The van der Waals surface area contributed by atoms with Crippen LogP contribution in [-0.4, -0.2) is 26.2 Å². The molecule has 0 amide bonds. The van der Waals surface area contributed by atoms with Gasteiger partial charge in [-0.05, 0) is 37.1 Å². The highest BCUT2D eigenvalue weighted by atomic mass is 15.3. The number of hydrogen-bond acceptors (Lipinski definition) is 2. The lowest BCUT2D eigenvalue weighted by Crippen LogP contribution is -2.51. The number of benzene rings is 1. The Morgan fingerprint density at radius 1 is 0.786 bits per heavy atom. The van der Waals surface area contributed by atoms with Gasteiger partial charge in [-0.25, -0.2) is 0 Å². The van der Waals surface area contributed by atoms with Crippen LogP contribution < -0.4 is 9.80 Å². The quantitative estimate of drug-likeness (QED) is 0.614. The van der Waals surface area contributed by atoms with E-state index in [2.05, 4.69) is 35.8 Å². The van der Waals surface area contributed by atoms with Crippen LogP contribution in [0.3, 0.4) is 0 Å². The van der Waals surface area contributed by atoms with Crippen molar-refractivity contribution >= 4 is 11.4 Å². The Morgan fingerprint density at radius 2 is 1.14 bits per heavy atom. The summed E-state index contributed by atoms with van der Waals surface area (Å²) < 4.78 is 0. The molecule has 0 N–H and O–H groups in total. The average Bonchev–Trinajstić information content (AvgIpc) is 2.22. The zero-order valence-electron chi connectivity index (χ0n) is 8.88. The van der Waals surface area contributed by atoms with Gasteiger partial charge in [-0.15, -0.1) is 0 Å². The Labute approximate surface area is 85.1 Å². The highest BCUT2D eigenvalue weighted by molar-refractivity contribution is 5.77. The number of rotatable bonds is 0. The summed E-state index contributed by atoms with van der Waals surface area (Å²) in [6.45, 7) is 9.22. The van der Waals surface area contributed by atoms with Crippen molar-refractivity contribution in [1.29, 1.82) is 0 Å². The van der Waals surface area contributed by atoms with E-state index in [1.54, 1.807) is 0 Å². The van der Waals surface area contributed by atoms with Gasteiger partial charge in [-0.1, -0.05) is 0 Å². The van der Waals surface area contributed by atoms with E-state index >= 15 is 0 Å². The lowest BCUT2D eigenvalue weighted by Gasteiger charge is -2.45. The topological polar surface area (TPSA) is 6.48 Å². The molecule has 14 heavy (non-hydrogen) atoms. The van der Waals surface area contributed by atoms with Crippen molar-refractivity contribution < 1.29 is 0 Å². The Bertz CT molecular complexity index is 339. The molecule has 1 fully saturated rings. The van der Waals surface area contributed by atoms with Gasteiger partial charge in [-0.2, -0.15) is 0 Å². The molecule has 4 rings (SSSR count). The summed E-state index contributed by atoms with van der Waals surface area (Å²) >= 11 is 0. The lowest BCUT2D eigenvalue weighted by molar-refractivity contribution is 0.624. The molecule has 3 heterocycles. The SMILES string of the molecule is Cc1cc2c(cc1C)N1CCN2CC1. The van der Waals surface area contributed by atoms with Crippen LogP contribution in [0.15, 0.2) is 12.1 Å². The molecule has 0 aromatic heterocycles. The molecule has 1 aromatic rings. The second kappa shape index (κ2) is 2.66. The van der Waals surface area contributed by atoms with Gasteiger partial charge in [0.15, 0.2) is 0 Å². The Morgan fingerprint density at radius 3 is 1.50 bits per heavy atom. The minimum atomic E-state index is 1.20. The van der Waals surface area contributed by atoms with Gasteiger partial charge < -0.3 is 9.80 Å². The van der Waals surface area contributed by atoms with Crippen LogP contribution in [0.5, 0.6) is 0 Å². The molecular weight excluding hydrogens is 172 g/mol. The first-order chi connectivity index (χ1) is 6.75. The Kier molecular flexibility index (Phi) is 1.55. The van der Waals surface area contributed by atoms with Crippen molar-refractivity contribution in [2.75, 3.05) is 36.0 Å². The number of fused-ring (bicyclic) bond motifs is 2. The summed E-state index contributed by atoms with van der Waals surface area (Å²) in [5, 5.41) is 0. The molecule has 0 spiro atoms. The molecule has 0 radical (unpaired) electrons. The number of anilines is 2. The molecule has 3 aliphatic heterocycles. The van der Waals surface area contributed by atoms with Gasteiger partial charge in [0.2, 0.25) is 0 Å². The van der Waals surface area contributed by atoms with Crippen LogP contribution in [0.4, 0.5) is 11.4 Å². The predicted octanol–water partition coefficient (Wildman–Crippen LogP) is 1.94. The number of nitrogens with zero attached hydrogens (tertiary/aromatic N) is 2. The minimum Gasteiger partial charge on any atom is -0.366 e. The summed E-state index contributed by atoms with van der Waals surface area (Å²) in [7, 11) is 0. The molecule has 0 atom stereocenters. The number of aryl methyl sites for hydroxylation is 2. The van der Waals surface area contributed by atoms with Crippen LogP contribution in [0.1, 0.15) is 11.1 Å². The van der Waals surface area contributed by atoms with Crippen LogP contribution >= 0.6 is 0 Å². The molecule has 1 aromatic carbocycles. The van der Waals surface area contributed by atoms with Gasteiger partial charge in [0.25, 0.3) is 0 Å². The van der Waals surface area contributed by atoms with Crippen LogP contribution in [0.25, 0.3) is 0 Å². The maximum atomic E-state index is 2.52. The van der Waals surface area contributed by atoms with E-state index < -0.39 is 0 Å². The van der Waals surface area contributed by atoms with Gasteiger partial charge in [0.1, 0.15) is 0 Å². The van der Waals surface area contributed by atoms with Gasteiger partial charge in [0, 0.05) is 26.2 Å². The fourth-order valence-corrected chi connectivity index (χ4v) is 2.48. The van der Waals surface area contributed by atoms with E-state index in [1.807, 2.05) is 0 Å². The Hall–Kier alpha value is -1.18. The van der Waals surface area contributed by atoms with Crippen molar-refractivity contribution in [3.8, 4) is 0 Å². The van der Waals surface area contributed by atoms with E-state index in [0.29, 0.717) is 0 Å². The molecule has 0 saturated carbocycles. The molecule has 0 unspecified atom stereocenters. The fourth-order valence-electron chi connectivity index (χ4n) is 2.48. The van der Waals surface area contributed by atoms with Crippen molar-refractivity contribution in [3.63, 3.8) is 0 Å². The summed E-state index contributed by atoms with van der Waals surface area (Å²) in [6, 6.07) is 4.69. The summed E-state index contributed by atoms with van der Waals surface area (Å²) in [5.41, 5.74) is 5.73. The monoisotopic (exact) mass is 188 g/mol. The van der Waals surface area contributed by atoms with Crippen LogP contribution in [0, 0.1) is 13.8 Å². The normalized spacial score (nSPS) is 18.7. The number of hydrogen-bond donors (Lipinski definition) is 0. The highest BCUT2D eigenvalue weighted by Gasteiger charge is 2.28. The van der Waals surface area contributed by atoms with Gasteiger partial charge in [-0.3, -0.25) is 0 Å². The standard InChI is InChI=1S/C12H16N2/c1-9-7-11-12(8-10(9)2)14-5-3-13(11)4-6-14/h7-8H,3-6H2,1-2H3. The fraction of sp³-hybridized carbons (Fsp3) is 0.500. The van der Waals surface area contributed by atoms with Crippen molar-refractivity contribution in [2.24, 2.45) is 0 Å². The molecule has 0 aliphatic carbocycles. The maximum absolute atomic E-state index is 2.52. The third kappa shape index (κ3) is 0.969. The van der Waals surface area contributed by atoms with E-state index in [0.717, 1.165) is 0 Å². The van der Waals surface area contributed by atoms with Crippen LogP contribution in [0.2, 0.25) is 0 Å². The molecule has 2 heteroatoms. The smallest absolute Gasteiger partial charge is 0.0608 e. The van der Waals surface area contributed by atoms with Gasteiger partial charge in [0.05, 0.1) is 11.4 Å². The molecule has 1 saturated heterocycles. The molecule has 2 nitrogen and oxygen atoms in total. The van der Waals surface area contributed by atoms with E-state index in [1.165, 1.54) is 48.7 Å². The van der Waals surface area contributed by atoms with E-state index in [-0.39, 0.29) is 0 Å². The zero-order chi connectivity index (χ0) is 9.71. The third-order valence-corrected chi connectivity index (χ3v) is 3.55. The summed E-state index contributed by atoms with van der Waals surface area (Å²) in [4.78, 5) is 5.03. The maximum Gasteiger partial charge on any atom is 0.0608 e. The van der Waals surface area contributed by atoms with E-state index in [4.69, 9.17) is 0 Å². The van der Waals surface area contributed by atoms with E-state index in [9.17, 15) is 0 Å². The zero-order valence-corrected chi connectivity index (χ0v) is 8.88. The Balaban J connectivity index is 2.20. The largest absolute Gasteiger partial charge is 0.366 e. The van der Waals surface area contributed by atoms with Crippen molar-refractivity contribution in [2.45, 2.75) is 13.8 Å². The van der Waals surface area contributed by atoms with Crippen LogP contribution in [-0.2, 0) is 0 Å². The number of piperazine rings is 1. The first kappa shape index (κ1) is 8.16. The first-order valence-electron chi connectivity index (χ1n) is 5.37. The summed E-state index contributed by atoms with van der Waals surface area (Å²) in [5.74, 6) is 0. The minimum absolute atomic E-state index is 1.20. The summed E-state index contributed by atoms with van der Waals surface area (Å²) in [6.07, 6.45) is 0. The predicted molar refractivity (Wildman–Crippen MR) is 60.3 cm³/mol. The lowest BCUT2D eigenvalue weighted by atomic mass is 10.0. The molecular formula is C12H16N2. The molecule has 74 valence electrons. The average molecular weight is 188 g/mol. The second-order valence-electron chi connectivity index (χ2n) is 4.40. The molecule has 3 aliphatic rings.